The summed E-state index contributed by atoms with van der Waals surface area (Å²) in [6, 6.07) is 4.05. The molecule has 0 saturated heterocycles. The molecule has 0 unspecified atom stereocenters. The van der Waals surface area contributed by atoms with Crippen molar-refractivity contribution in [3.63, 3.8) is 0 Å². The molecule has 78 valence electrons. The zero-order chi connectivity index (χ0) is 10.8. The van der Waals surface area contributed by atoms with Crippen LogP contribution in [-0.4, -0.2) is 6.36 Å². The summed E-state index contributed by atoms with van der Waals surface area (Å²) in [5.74, 6) is -0.397. The van der Waals surface area contributed by atoms with Gasteiger partial charge in [0.2, 0.25) is 0 Å². The molecule has 0 aliphatic rings. The number of rotatable bonds is 2. The molecule has 1 nitrogen and oxygen atoms in total. The van der Waals surface area contributed by atoms with E-state index in [4.69, 9.17) is 23.2 Å². The zero-order valence-corrected chi connectivity index (χ0v) is 8.25. The first kappa shape index (κ1) is 11.5. The molecule has 0 aliphatic carbocycles. The lowest BCUT2D eigenvalue weighted by atomic mass is 10.2. The molecule has 14 heavy (non-hydrogen) atoms. The highest BCUT2D eigenvalue weighted by atomic mass is 35.5. The van der Waals surface area contributed by atoms with Crippen LogP contribution >= 0.6 is 23.2 Å². The SMILES string of the molecule is FC(F)(F)Oc1cccc(CCl)c1Cl. The maximum atomic E-state index is 11.8. The van der Waals surface area contributed by atoms with Gasteiger partial charge in [0.15, 0.2) is 0 Å². The highest BCUT2D eigenvalue weighted by Crippen LogP contribution is 2.32. The van der Waals surface area contributed by atoms with Gasteiger partial charge in [-0.2, -0.15) is 0 Å². The topological polar surface area (TPSA) is 9.23 Å². The minimum Gasteiger partial charge on any atom is -0.404 e. The summed E-state index contributed by atoms with van der Waals surface area (Å²) in [7, 11) is 0. The summed E-state index contributed by atoms with van der Waals surface area (Å²) >= 11 is 11.1. The summed E-state index contributed by atoms with van der Waals surface area (Å²) in [6.07, 6.45) is -4.74. The van der Waals surface area contributed by atoms with Crippen LogP contribution in [-0.2, 0) is 5.88 Å². The summed E-state index contributed by atoms with van der Waals surface area (Å²) < 4.78 is 39.2. The molecule has 0 aromatic heterocycles. The Morgan fingerprint density at radius 2 is 1.93 bits per heavy atom. The maximum absolute atomic E-state index is 11.8. The molecule has 0 aliphatic heterocycles. The van der Waals surface area contributed by atoms with Gasteiger partial charge < -0.3 is 4.74 Å². The van der Waals surface area contributed by atoms with Crippen LogP contribution in [0.5, 0.6) is 5.75 Å². The molecule has 0 radical (unpaired) electrons. The van der Waals surface area contributed by atoms with E-state index in [-0.39, 0.29) is 10.9 Å². The number of halogens is 5. The van der Waals surface area contributed by atoms with Crippen molar-refractivity contribution in [2.75, 3.05) is 0 Å². The van der Waals surface area contributed by atoms with Gasteiger partial charge in [0.05, 0.1) is 5.02 Å². The molecule has 0 atom stereocenters. The maximum Gasteiger partial charge on any atom is 0.573 e. The lowest BCUT2D eigenvalue weighted by Gasteiger charge is -2.11. The van der Waals surface area contributed by atoms with Crippen LogP contribution < -0.4 is 4.74 Å². The van der Waals surface area contributed by atoms with E-state index in [1.165, 1.54) is 12.1 Å². The quantitative estimate of drug-likeness (QED) is 0.716. The summed E-state index contributed by atoms with van der Waals surface area (Å²) in [5.41, 5.74) is 0.398. The first-order valence-electron chi connectivity index (χ1n) is 3.53. The average Bonchev–Trinajstić information content (AvgIpc) is 2.06. The first-order valence-corrected chi connectivity index (χ1v) is 4.44. The third-order valence-electron chi connectivity index (χ3n) is 1.41. The average molecular weight is 245 g/mol. The highest BCUT2D eigenvalue weighted by Gasteiger charge is 2.32. The second kappa shape index (κ2) is 4.28. The van der Waals surface area contributed by atoms with Gasteiger partial charge in [0.1, 0.15) is 5.75 Å². The Hall–Kier alpha value is -0.610. The highest BCUT2D eigenvalue weighted by molar-refractivity contribution is 6.33. The van der Waals surface area contributed by atoms with Gasteiger partial charge in [-0.1, -0.05) is 23.7 Å². The van der Waals surface area contributed by atoms with Crippen LogP contribution in [0.4, 0.5) is 13.2 Å². The molecular formula is C8H5Cl2F3O. The van der Waals surface area contributed by atoms with E-state index in [0.29, 0.717) is 5.56 Å². The number of alkyl halides is 4. The number of hydrogen-bond acceptors (Lipinski definition) is 1. The Bertz CT molecular complexity index is 325. The van der Waals surface area contributed by atoms with Crippen molar-refractivity contribution in [3.05, 3.63) is 28.8 Å². The molecule has 0 heterocycles. The second-order valence-corrected chi connectivity index (χ2v) is 3.06. The predicted octanol–water partition coefficient (Wildman–Crippen LogP) is 3.98. The smallest absolute Gasteiger partial charge is 0.404 e. The molecule has 1 aromatic carbocycles. The number of hydrogen-bond donors (Lipinski definition) is 0. The van der Waals surface area contributed by atoms with Crippen LogP contribution in [0.2, 0.25) is 5.02 Å². The van der Waals surface area contributed by atoms with Crippen LogP contribution in [0.1, 0.15) is 5.56 Å². The van der Waals surface area contributed by atoms with E-state index in [1.54, 1.807) is 0 Å². The number of benzene rings is 1. The summed E-state index contributed by atoms with van der Waals surface area (Å²) in [5, 5.41) is -0.111. The molecule has 1 rings (SSSR count). The van der Waals surface area contributed by atoms with Gasteiger partial charge in [-0.3, -0.25) is 0 Å². The van der Waals surface area contributed by atoms with E-state index in [1.807, 2.05) is 0 Å². The van der Waals surface area contributed by atoms with Crippen molar-refractivity contribution >= 4 is 23.2 Å². The molecule has 6 heteroatoms. The standard InChI is InChI=1S/C8H5Cl2F3O/c9-4-5-2-1-3-6(7(5)10)14-8(11,12)13/h1-3H,4H2. The Kier molecular flexibility index (Phi) is 3.50. The van der Waals surface area contributed by atoms with Gasteiger partial charge in [0.25, 0.3) is 0 Å². The molecule has 0 saturated carbocycles. The van der Waals surface area contributed by atoms with Crippen LogP contribution in [0.15, 0.2) is 18.2 Å². The minimum atomic E-state index is -4.74. The van der Waals surface area contributed by atoms with E-state index >= 15 is 0 Å². The van der Waals surface area contributed by atoms with Gasteiger partial charge in [-0.25, -0.2) is 0 Å². The van der Waals surface area contributed by atoms with Crippen molar-refractivity contribution in [1.29, 1.82) is 0 Å². The second-order valence-electron chi connectivity index (χ2n) is 2.41. The normalized spacial score (nSPS) is 11.5. The van der Waals surface area contributed by atoms with Crippen molar-refractivity contribution in [3.8, 4) is 5.75 Å². The fourth-order valence-corrected chi connectivity index (χ4v) is 1.39. The Balaban J connectivity index is 2.98. The van der Waals surface area contributed by atoms with Crippen molar-refractivity contribution in [2.45, 2.75) is 12.2 Å². The lowest BCUT2D eigenvalue weighted by molar-refractivity contribution is -0.274. The third-order valence-corrected chi connectivity index (χ3v) is 2.13. The van der Waals surface area contributed by atoms with Gasteiger partial charge in [-0.05, 0) is 11.6 Å². The monoisotopic (exact) mass is 244 g/mol. The van der Waals surface area contributed by atoms with Crippen molar-refractivity contribution in [1.82, 2.24) is 0 Å². The van der Waals surface area contributed by atoms with E-state index in [0.717, 1.165) is 6.07 Å². The fourth-order valence-electron chi connectivity index (χ4n) is 0.863. The predicted molar refractivity (Wildman–Crippen MR) is 47.7 cm³/mol. The van der Waals surface area contributed by atoms with Crippen molar-refractivity contribution in [2.24, 2.45) is 0 Å². The van der Waals surface area contributed by atoms with E-state index < -0.39 is 12.1 Å². The number of ether oxygens (including phenoxy) is 1. The molecule has 0 spiro atoms. The van der Waals surface area contributed by atoms with Gasteiger partial charge >= 0.3 is 6.36 Å². The molecule has 0 amide bonds. The molecule has 0 N–H and O–H groups in total. The molecule has 0 fully saturated rings. The molecular weight excluding hydrogens is 240 g/mol. The third kappa shape index (κ3) is 2.96. The van der Waals surface area contributed by atoms with Crippen molar-refractivity contribution < 1.29 is 17.9 Å². The van der Waals surface area contributed by atoms with Crippen LogP contribution in [0.3, 0.4) is 0 Å². The fraction of sp³-hybridized carbons (Fsp3) is 0.250. The molecule has 0 bridgehead atoms. The minimum absolute atomic E-state index is 0.0356. The van der Waals surface area contributed by atoms with Crippen LogP contribution in [0.25, 0.3) is 0 Å². The Morgan fingerprint density at radius 1 is 1.29 bits per heavy atom. The van der Waals surface area contributed by atoms with Gasteiger partial charge in [0, 0.05) is 5.88 Å². The summed E-state index contributed by atoms with van der Waals surface area (Å²) in [4.78, 5) is 0. The molecule has 1 aromatic rings. The summed E-state index contributed by atoms with van der Waals surface area (Å²) in [6.45, 7) is 0. The Labute approximate surface area is 88.4 Å². The Morgan fingerprint density at radius 3 is 2.43 bits per heavy atom. The first-order chi connectivity index (χ1) is 6.44. The van der Waals surface area contributed by atoms with E-state index in [2.05, 4.69) is 4.74 Å². The lowest BCUT2D eigenvalue weighted by Crippen LogP contribution is -2.17. The van der Waals surface area contributed by atoms with Crippen LogP contribution in [0, 0.1) is 0 Å². The largest absolute Gasteiger partial charge is 0.573 e. The zero-order valence-electron chi connectivity index (χ0n) is 6.74. The van der Waals surface area contributed by atoms with E-state index in [9.17, 15) is 13.2 Å². The van der Waals surface area contributed by atoms with Gasteiger partial charge in [-0.15, -0.1) is 24.8 Å².